The molecule has 196 valence electrons. The van der Waals surface area contributed by atoms with Crippen LogP contribution in [0.3, 0.4) is 0 Å². The SMILES string of the molecule is C#Cc1ccc(C(C(=O)NCC(=O)OC)N(CC)C(=O)C(CCC(N)=O)NC(=O)OC(C)(C)C)cc1. The monoisotopic (exact) mass is 502 g/mol. The fraction of sp³-hybridized carbons (Fsp3) is 0.480. The van der Waals surface area contributed by atoms with Gasteiger partial charge >= 0.3 is 12.1 Å². The van der Waals surface area contributed by atoms with Crippen LogP contribution in [0, 0.1) is 12.3 Å². The van der Waals surface area contributed by atoms with E-state index >= 15 is 0 Å². The molecule has 0 heterocycles. The molecule has 4 N–H and O–H groups in total. The molecule has 0 saturated carbocycles. The topological polar surface area (TPSA) is 157 Å². The van der Waals surface area contributed by atoms with Gasteiger partial charge in [0.15, 0.2) is 0 Å². The van der Waals surface area contributed by atoms with E-state index in [4.69, 9.17) is 16.9 Å². The maximum atomic E-state index is 13.6. The highest BCUT2D eigenvalue weighted by Crippen LogP contribution is 2.24. The van der Waals surface area contributed by atoms with Crippen molar-refractivity contribution in [3.63, 3.8) is 0 Å². The molecule has 0 aromatic heterocycles. The number of hydrogen-bond donors (Lipinski definition) is 3. The Morgan fingerprint density at radius 3 is 2.22 bits per heavy atom. The van der Waals surface area contributed by atoms with Gasteiger partial charge in [-0.15, -0.1) is 6.42 Å². The summed E-state index contributed by atoms with van der Waals surface area (Å²) < 4.78 is 9.81. The van der Waals surface area contributed by atoms with E-state index in [2.05, 4.69) is 21.3 Å². The highest BCUT2D eigenvalue weighted by atomic mass is 16.6. The predicted molar refractivity (Wildman–Crippen MR) is 131 cm³/mol. The number of nitrogens with zero attached hydrogens (tertiary/aromatic N) is 1. The molecule has 2 unspecified atom stereocenters. The van der Waals surface area contributed by atoms with Gasteiger partial charge in [0.05, 0.1) is 7.11 Å². The van der Waals surface area contributed by atoms with Crippen LogP contribution >= 0.6 is 0 Å². The molecule has 0 aliphatic carbocycles. The highest BCUT2D eigenvalue weighted by molar-refractivity contribution is 5.93. The first-order valence-electron chi connectivity index (χ1n) is 11.3. The number of hydrogen-bond acceptors (Lipinski definition) is 7. The lowest BCUT2D eigenvalue weighted by atomic mass is 10.0. The Balaban J connectivity index is 3.38. The lowest BCUT2D eigenvalue weighted by Gasteiger charge is -2.33. The number of terminal acetylenes is 1. The maximum Gasteiger partial charge on any atom is 0.408 e. The lowest BCUT2D eigenvalue weighted by molar-refractivity contribution is -0.144. The number of ether oxygens (including phenoxy) is 2. The number of alkyl carbamates (subject to hydrolysis) is 1. The van der Waals surface area contributed by atoms with Gasteiger partial charge in [0, 0.05) is 18.5 Å². The van der Waals surface area contributed by atoms with E-state index in [1.54, 1.807) is 52.0 Å². The number of carbonyl (C=O) groups is 5. The van der Waals surface area contributed by atoms with Gasteiger partial charge in [-0.3, -0.25) is 19.2 Å². The number of nitrogens with two attached hydrogens (primary N) is 1. The van der Waals surface area contributed by atoms with Crippen LogP contribution in [0.5, 0.6) is 0 Å². The first kappa shape index (κ1) is 30.0. The summed E-state index contributed by atoms with van der Waals surface area (Å²) in [6.07, 6.45) is 4.24. The zero-order chi connectivity index (χ0) is 27.5. The lowest BCUT2D eigenvalue weighted by Crippen LogP contribution is -2.53. The summed E-state index contributed by atoms with van der Waals surface area (Å²) in [5, 5.41) is 4.93. The van der Waals surface area contributed by atoms with Crippen molar-refractivity contribution in [3.8, 4) is 12.3 Å². The number of primary amides is 1. The molecule has 0 radical (unpaired) electrons. The van der Waals surface area contributed by atoms with Gasteiger partial charge in [-0.2, -0.15) is 0 Å². The summed E-state index contributed by atoms with van der Waals surface area (Å²) >= 11 is 0. The molecule has 36 heavy (non-hydrogen) atoms. The molecule has 1 aromatic carbocycles. The quantitative estimate of drug-likeness (QED) is 0.301. The molecule has 4 amide bonds. The Hall–Kier alpha value is -4.07. The molecule has 1 rings (SSSR count). The van der Waals surface area contributed by atoms with Crippen molar-refractivity contribution in [2.24, 2.45) is 5.73 Å². The molecular formula is C25H34N4O7. The molecule has 11 heteroatoms. The Morgan fingerprint density at radius 1 is 1.14 bits per heavy atom. The summed E-state index contributed by atoms with van der Waals surface area (Å²) in [5.41, 5.74) is 5.40. The van der Waals surface area contributed by atoms with Gasteiger partial charge in [0.25, 0.3) is 0 Å². The van der Waals surface area contributed by atoms with Crippen molar-refractivity contribution in [2.75, 3.05) is 20.2 Å². The van der Waals surface area contributed by atoms with Crippen molar-refractivity contribution < 1.29 is 33.4 Å². The second-order valence-electron chi connectivity index (χ2n) is 8.79. The number of methoxy groups -OCH3 is 1. The van der Waals surface area contributed by atoms with Crippen molar-refractivity contribution in [2.45, 2.75) is 58.2 Å². The molecule has 2 atom stereocenters. The molecule has 0 aliphatic heterocycles. The Bertz CT molecular complexity index is 993. The number of nitrogens with one attached hydrogen (secondary N) is 2. The number of amides is 4. The minimum atomic E-state index is -1.21. The fourth-order valence-electron chi connectivity index (χ4n) is 3.22. The summed E-state index contributed by atoms with van der Waals surface area (Å²) in [5.74, 6) is -0.176. The number of carbonyl (C=O) groups excluding carboxylic acids is 5. The van der Waals surface area contributed by atoms with Gasteiger partial charge in [0.2, 0.25) is 17.7 Å². The predicted octanol–water partition coefficient (Wildman–Crippen LogP) is 1.01. The van der Waals surface area contributed by atoms with E-state index in [0.717, 1.165) is 0 Å². The third-order valence-electron chi connectivity index (χ3n) is 4.88. The number of rotatable bonds is 11. The second kappa shape index (κ2) is 13.7. The van der Waals surface area contributed by atoms with Crippen LogP contribution in [0.4, 0.5) is 4.79 Å². The third kappa shape index (κ3) is 9.66. The summed E-state index contributed by atoms with van der Waals surface area (Å²) in [6, 6.07) is 4.00. The van der Waals surface area contributed by atoms with Crippen molar-refractivity contribution in [1.82, 2.24) is 15.5 Å². The van der Waals surface area contributed by atoms with E-state index in [-0.39, 0.29) is 19.4 Å². The first-order chi connectivity index (χ1) is 16.8. The van der Waals surface area contributed by atoms with Gasteiger partial charge in [-0.25, -0.2) is 4.79 Å². The Morgan fingerprint density at radius 2 is 1.75 bits per heavy atom. The first-order valence-corrected chi connectivity index (χ1v) is 11.3. The van der Waals surface area contributed by atoms with E-state index in [1.165, 1.54) is 12.0 Å². The molecule has 0 aliphatic rings. The standard InChI is InChI=1S/C25H34N4O7/c1-7-16-9-11-17(12-10-16)21(22(32)27-15-20(31)35-6)29(8-2)23(33)18(13-14-19(26)30)28-24(34)36-25(3,4)5/h1,9-12,18,21H,8,13-15H2,2-6H3,(H2,26,30)(H,27,32)(H,28,34). The summed E-state index contributed by atoms with van der Waals surface area (Å²) in [4.78, 5) is 63.4. The summed E-state index contributed by atoms with van der Waals surface area (Å²) in [7, 11) is 1.18. The van der Waals surface area contributed by atoms with Gasteiger partial charge < -0.3 is 30.7 Å². The molecule has 1 aromatic rings. The second-order valence-corrected chi connectivity index (χ2v) is 8.79. The maximum absolute atomic E-state index is 13.6. The van der Waals surface area contributed by atoms with Crippen LogP contribution < -0.4 is 16.4 Å². The third-order valence-corrected chi connectivity index (χ3v) is 4.88. The van der Waals surface area contributed by atoms with E-state index < -0.39 is 54.0 Å². The highest BCUT2D eigenvalue weighted by Gasteiger charge is 2.35. The zero-order valence-electron chi connectivity index (χ0n) is 21.3. The van der Waals surface area contributed by atoms with E-state index in [1.807, 2.05) is 0 Å². The minimum Gasteiger partial charge on any atom is -0.468 e. The normalized spacial score (nSPS) is 12.3. The van der Waals surface area contributed by atoms with Crippen LogP contribution in [-0.4, -0.2) is 66.5 Å². The average molecular weight is 503 g/mol. The van der Waals surface area contributed by atoms with Gasteiger partial charge in [-0.05, 0) is 51.8 Å². The summed E-state index contributed by atoms with van der Waals surface area (Å²) in [6.45, 7) is 6.26. The Kier molecular flexibility index (Phi) is 11.4. The van der Waals surface area contributed by atoms with Crippen LogP contribution in [0.15, 0.2) is 24.3 Å². The van der Waals surface area contributed by atoms with Crippen molar-refractivity contribution in [3.05, 3.63) is 35.4 Å². The molecule has 0 bridgehead atoms. The fourth-order valence-corrected chi connectivity index (χ4v) is 3.22. The molecule has 11 nitrogen and oxygen atoms in total. The van der Waals surface area contributed by atoms with Crippen LogP contribution in [0.1, 0.15) is 57.7 Å². The van der Waals surface area contributed by atoms with Crippen LogP contribution in [0.25, 0.3) is 0 Å². The van der Waals surface area contributed by atoms with Crippen molar-refractivity contribution in [1.29, 1.82) is 0 Å². The van der Waals surface area contributed by atoms with Crippen molar-refractivity contribution >= 4 is 29.8 Å². The smallest absolute Gasteiger partial charge is 0.408 e. The number of benzene rings is 1. The molecule has 0 fully saturated rings. The number of likely N-dealkylation sites (N-methyl/N-ethyl adjacent to an activating group) is 1. The number of esters is 1. The van der Waals surface area contributed by atoms with E-state index in [9.17, 15) is 24.0 Å². The zero-order valence-corrected chi connectivity index (χ0v) is 21.3. The molecule has 0 spiro atoms. The van der Waals surface area contributed by atoms with Gasteiger partial charge in [-0.1, -0.05) is 18.1 Å². The average Bonchev–Trinajstić information content (AvgIpc) is 2.81. The molecular weight excluding hydrogens is 468 g/mol. The molecule has 0 saturated heterocycles. The largest absolute Gasteiger partial charge is 0.468 e. The minimum absolute atomic E-state index is 0.0507. The van der Waals surface area contributed by atoms with Crippen LogP contribution in [0.2, 0.25) is 0 Å². The van der Waals surface area contributed by atoms with Gasteiger partial charge in [0.1, 0.15) is 24.2 Å². The van der Waals surface area contributed by atoms with Crippen LogP contribution in [-0.2, 0) is 28.7 Å². The Labute approximate surface area is 211 Å². The van der Waals surface area contributed by atoms with E-state index in [0.29, 0.717) is 11.1 Å².